The van der Waals surface area contributed by atoms with E-state index in [4.69, 9.17) is 32.3 Å². The first-order chi connectivity index (χ1) is 53.2. The van der Waals surface area contributed by atoms with Gasteiger partial charge in [-0.25, -0.2) is 9.13 Å². The number of esters is 3. The maximum Gasteiger partial charge on any atom is 0.472 e. The van der Waals surface area contributed by atoms with E-state index in [0.717, 1.165) is 161 Å². The molecule has 109 heavy (non-hydrogen) atoms. The van der Waals surface area contributed by atoms with Crippen LogP contribution in [0.2, 0.25) is 0 Å². The van der Waals surface area contributed by atoms with E-state index < -0.39 is 91.5 Å². The van der Waals surface area contributed by atoms with Crippen LogP contribution in [0.25, 0.3) is 0 Å². The minimum Gasteiger partial charge on any atom is -0.463 e. The summed E-state index contributed by atoms with van der Waals surface area (Å²) >= 11 is 0. The van der Waals surface area contributed by atoms with Crippen molar-refractivity contribution in [3.63, 3.8) is 0 Å². The van der Waals surface area contributed by atoms with Crippen molar-refractivity contribution in [2.24, 2.45) is 0 Å². The van der Waals surface area contributed by atoms with Crippen LogP contribution in [0.15, 0.2) is 146 Å². The summed E-state index contributed by atoms with van der Waals surface area (Å²) in [6, 6.07) is 0. The lowest BCUT2D eigenvalue weighted by Gasteiger charge is -2.21. The summed E-state index contributed by atoms with van der Waals surface area (Å²) in [4.78, 5) is 58.8. The van der Waals surface area contributed by atoms with Crippen molar-refractivity contribution in [3.8, 4) is 0 Å². The topological polar surface area (TPSA) is 231 Å². The lowest BCUT2D eigenvalue weighted by atomic mass is 10.0. The zero-order valence-corrected chi connectivity index (χ0v) is 70.5. The number of allylic oxidation sites excluding steroid dienone is 24. The Bertz CT molecular complexity index is 2560. The van der Waals surface area contributed by atoms with E-state index >= 15 is 0 Å². The molecule has 16 nitrogen and oxygen atoms in total. The molecule has 0 aliphatic heterocycles. The molecule has 0 bridgehead atoms. The molecule has 5 atom stereocenters. The molecular formula is C91H156O16P2. The minimum atomic E-state index is -4.94. The summed E-state index contributed by atoms with van der Waals surface area (Å²) in [5, 5.41) is 20.7. The number of carbonyl (C=O) groups is 3. The third-order valence-electron chi connectivity index (χ3n) is 18.0. The molecule has 0 aliphatic rings. The number of phosphoric ester groups is 2. The van der Waals surface area contributed by atoms with Crippen molar-refractivity contribution in [2.75, 3.05) is 39.6 Å². The van der Waals surface area contributed by atoms with Gasteiger partial charge in [-0.05, 0) is 141 Å². The second kappa shape index (κ2) is 82.9. The summed E-state index contributed by atoms with van der Waals surface area (Å²) in [7, 11) is -9.80. The van der Waals surface area contributed by atoms with Crippen LogP contribution in [0.4, 0.5) is 0 Å². The number of aliphatic hydroxyl groups excluding tert-OH is 2. The first-order valence-electron chi connectivity index (χ1n) is 43.1. The molecule has 0 saturated heterocycles. The van der Waals surface area contributed by atoms with E-state index in [9.17, 15) is 43.5 Å². The van der Waals surface area contributed by atoms with Crippen molar-refractivity contribution in [1.29, 1.82) is 0 Å². The molecule has 0 fully saturated rings. The maximum absolute atomic E-state index is 13.0. The fourth-order valence-electron chi connectivity index (χ4n) is 11.5. The van der Waals surface area contributed by atoms with Crippen LogP contribution in [0.1, 0.15) is 355 Å². The molecule has 0 saturated carbocycles. The lowest BCUT2D eigenvalue weighted by molar-refractivity contribution is -0.161. The van der Waals surface area contributed by atoms with Gasteiger partial charge in [-0.2, -0.15) is 0 Å². The molecule has 18 heteroatoms. The van der Waals surface area contributed by atoms with Gasteiger partial charge in [0.2, 0.25) is 0 Å². The molecule has 0 heterocycles. The van der Waals surface area contributed by atoms with Gasteiger partial charge in [0.05, 0.1) is 26.4 Å². The summed E-state index contributed by atoms with van der Waals surface area (Å²) in [6.07, 6.45) is 103. The Morgan fingerprint density at radius 1 is 0.266 bits per heavy atom. The van der Waals surface area contributed by atoms with Crippen LogP contribution >= 0.6 is 15.6 Å². The molecule has 626 valence electrons. The van der Waals surface area contributed by atoms with E-state index in [1.54, 1.807) is 0 Å². The number of phosphoric acid groups is 2. The van der Waals surface area contributed by atoms with Crippen molar-refractivity contribution in [1.82, 2.24) is 0 Å². The highest BCUT2D eigenvalue weighted by Crippen LogP contribution is 2.45. The van der Waals surface area contributed by atoms with E-state index in [-0.39, 0.29) is 19.3 Å². The van der Waals surface area contributed by atoms with Gasteiger partial charge < -0.3 is 34.2 Å². The normalized spacial score (nSPS) is 14.6. The maximum atomic E-state index is 13.0. The molecule has 0 spiro atoms. The molecule has 0 radical (unpaired) electrons. The third kappa shape index (κ3) is 84.2. The number of carbonyl (C=O) groups excluding carboxylic acids is 3. The van der Waals surface area contributed by atoms with Crippen LogP contribution in [-0.2, 0) is 55.8 Å². The zero-order chi connectivity index (χ0) is 79.4. The largest absolute Gasteiger partial charge is 0.472 e. The smallest absolute Gasteiger partial charge is 0.463 e. The number of hydrogen-bond acceptors (Lipinski definition) is 14. The molecule has 4 N–H and O–H groups in total. The average Bonchev–Trinajstić information content (AvgIpc) is 0.903. The third-order valence-corrected chi connectivity index (χ3v) is 19.9. The second-order valence-electron chi connectivity index (χ2n) is 28.6. The summed E-state index contributed by atoms with van der Waals surface area (Å²) in [5.41, 5.74) is 0. The van der Waals surface area contributed by atoms with Gasteiger partial charge in [-0.15, -0.1) is 0 Å². The number of ether oxygens (including phenoxy) is 3. The van der Waals surface area contributed by atoms with Crippen molar-refractivity contribution >= 4 is 33.6 Å². The number of unbranched alkanes of at least 4 members (excludes halogenated alkanes) is 34. The minimum absolute atomic E-state index is 0.0828. The van der Waals surface area contributed by atoms with Gasteiger partial charge in [-0.3, -0.25) is 32.5 Å². The summed E-state index contributed by atoms with van der Waals surface area (Å²) in [5.74, 6) is -1.59. The van der Waals surface area contributed by atoms with Crippen LogP contribution in [0.5, 0.6) is 0 Å². The highest BCUT2D eigenvalue weighted by molar-refractivity contribution is 7.47. The molecule has 0 aromatic rings. The van der Waals surface area contributed by atoms with Gasteiger partial charge in [0.25, 0.3) is 0 Å². The number of hydrogen-bond donors (Lipinski definition) is 4. The van der Waals surface area contributed by atoms with Gasteiger partial charge >= 0.3 is 33.6 Å². The van der Waals surface area contributed by atoms with E-state index in [2.05, 4.69) is 167 Å². The van der Waals surface area contributed by atoms with Gasteiger partial charge in [0.15, 0.2) is 6.10 Å². The Balaban J connectivity index is 4.52. The monoisotopic (exact) mass is 1570 g/mol. The fourth-order valence-corrected chi connectivity index (χ4v) is 13.1. The second-order valence-corrected chi connectivity index (χ2v) is 31.5. The average molecular weight is 1570 g/mol. The highest BCUT2D eigenvalue weighted by Gasteiger charge is 2.29. The number of aliphatic hydroxyl groups is 2. The van der Waals surface area contributed by atoms with E-state index in [1.165, 1.54) is 135 Å². The first kappa shape index (κ1) is 104. The predicted octanol–water partition coefficient (Wildman–Crippen LogP) is 26.0. The summed E-state index contributed by atoms with van der Waals surface area (Å²) in [6.45, 7) is 2.44. The van der Waals surface area contributed by atoms with Gasteiger partial charge in [-0.1, -0.05) is 340 Å². The molecule has 0 amide bonds. The quantitative estimate of drug-likeness (QED) is 0.0146. The molecular weight excluding hydrogens is 1410 g/mol. The van der Waals surface area contributed by atoms with Gasteiger partial charge in [0.1, 0.15) is 25.4 Å². The van der Waals surface area contributed by atoms with Crippen LogP contribution in [0.3, 0.4) is 0 Å². The van der Waals surface area contributed by atoms with Crippen molar-refractivity contribution in [3.05, 3.63) is 146 Å². The number of rotatable bonds is 81. The first-order valence-corrected chi connectivity index (χ1v) is 46.1. The Morgan fingerprint density at radius 2 is 0.486 bits per heavy atom. The predicted molar refractivity (Wildman–Crippen MR) is 454 cm³/mol. The summed E-state index contributed by atoms with van der Waals surface area (Å²) < 4.78 is 61.3. The Labute approximate surface area is 664 Å². The van der Waals surface area contributed by atoms with Crippen molar-refractivity contribution < 1.29 is 75.8 Å². The SMILES string of the molecule is CC/C=C\C/C=C\C/C=C\C/C=C\C/C=C\CCCCCCCCCCCCCCCC(=O)OCC(O)COP(=O)(O)OCC(O)COP(=O)(O)OCC(COC(=O)CCCCCCCCCCCCCCC/C=C\C/C=C\C/C=C\C/C=C\CCCCC)OC(=O)CCCCCCC/C=C\C/C=C\C/C=C\CC. The standard InChI is InChI=1S/C91H156O16P2/c1-4-7-10-13-16-19-22-25-28-30-32-34-36-38-40-42-44-46-48-50-52-54-57-59-62-65-68-71-74-77-89(94)101-80-86(92)81-103-108(97,98)104-82-87(93)83-105-109(99,100)106-85-88(107-91(96)79-76-73-70-67-64-61-56-27-24-21-18-15-12-9-6-3)84-102-90(95)78-75-72-69-66-63-60-58-55-53-51-49-47-45-43-41-39-37-35-33-31-29-26-23-20-17-14-11-8-5-2/h7,9-10,12,16-21,25-29,32-35,38-41,56,86-88,92-93H,4-6,8,11,13-15,22-24,30-31,36-37,42-55,57-85H2,1-3H3,(H,97,98)(H,99,100)/b10-7-,12-9-,19-16-,20-17-,21-18-,28-25-,29-26-,34-32-,35-33-,40-38-,41-39-,56-27-. The Kier molecular flexibility index (Phi) is 79.4. The Hall–Kier alpha value is -4.57. The fraction of sp³-hybridized carbons (Fsp3) is 0.703. The van der Waals surface area contributed by atoms with Crippen LogP contribution in [-0.4, -0.2) is 95.9 Å². The molecule has 0 aromatic heterocycles. The lowest BCUT2D eigenvalue weighted by Crippen LogP contribution is -2.30. The van der Waals surface area contributed by atoms with E-state index in [1.807, 2.05) is 0 Å². The zero-order valence-electron chi connectivity index (χ0n) is 68.7. The van der Waals surface area contributed by atoms with Gasteiger partial charge in [0, 0.05) is 19.3 Å². The Morgan fingerprint density at radius 3 is 0.771 bits per heavy atom. The molecule has 0 rings (SSSR count). The molecule has 5 unspecified atom stereocenters. The van der Waals surface area contributed by atoms with Crippen LogP contribution < -0.4 is 0 Å². The molecule has 0 aromatic carbocycles. The van der Waals surface area contributed by atoms with Crippen molar-refractivity contribution in [2.45, 2.75) is 373 Å². The van der Waals surface area contributed by atoms with Crippen LogP contribution in [0, 0.1) is 0 Å². The molecule has 0 aliphatic carbocycles. The van der Waals surface area contributed by atoms with E-state index in [0.29, 0.717) is 19.3 Å². The highest BCUT2D eigenvalue weighted by atomic mass is 31.2.